The first-order chi connectivity index (χ1) is 7.26. The van der Waals surface area contributed by atoms with Gasteiger partial charge in [0.25, 0.3) is 0 Å². The van der Waals surface area contributed by atoms with Crippen LogP contribution in [0.25, 0.3) is 0 Å². The van der Waals surface area contributed by atoms with Crippen molar-refractivity contribution in [2.45, 2.75) is 6.42 Å². The van der Waals surface area contributed by atoms with Crippen LogP contribution in [0.4, 0.5) is 5.69 Å². The Kier molecular flexibility index (Phi) is 4.72. The van der Waals surface area contributed by atoms with Crippen molar-refractivity contribution >= 4 is 23.4 Å². The molecule has 0 heterocycles. The molecule has 1 aromatic carbocycles. The van der Waals surface area contributed by atoms with E-state index in [1.807, 2.05) is 12.3 Å². The van der Waals surface area contributed by atoms with Gasteiger partial charge in [-0.25, -0.2) is 0 Å². The number of carbonyl (C=O) groups excluding carboxylic acids is 1. The third-order valence-corrected chi connectivity index (χ3v) is 2.42. The first kappa shape index (κ1) is 11.6. The van der Waals surface area contributed by atoms with Gasteiger partial charge in [-0.15, -0.1) is 0 Å². The molecule has 1 rings (SSSR count). The standard InChI is InChI=1S/C11H12N2OS/c1-15-6-5-11(14)13-10-4-2-3-9(7-10)8-12/h2-4,7H,5-6H2,1H3,(H,13,14). The highest BCUT2D eigenvalue weighted by Crippen LogP contribution is 2.10. The molecule has 0 aliphatic rings. The van der Waals surface area contributed by atoms with Crippen molar-refractivity contribution in [3.8, 4) is 6.07 Å². The van der Waals surface area contributed by atoms with Crippen LogP contribution in [0.1, 0.15) is 12.0 Å². The van der Waals surface area contributed by atoms with Gasteiger partial charge in [0, 0.05) is 17.9 Å². The summed E-state index contributed by atoms with van der Waals surface area (Å²) in [7, 11) is 0. The van der Waals surface area contributed by atoms with Crippen LogP contribution in [0.15, 0.2) is 24.3 Å². The predicted molar refractivity (Wildman–Crippen MR) is 62.8 cm³/mol. The Labute approximate surface area is 93.5 Å². The number of nitrogens with one attached hydrogen (secondary N) is 1. The maximum Gasteiger partial charge on any atom is 0.225 e. The maximum atomic E-state index is 11.4. The van der Waals surface area contributed by atoms with E-state index in [2.05, 4.69) is 5.32 Å². The van der Waals surface area contributed by atoms with Crippen LogP contribution in [0.3, 0.4) is 0 Å². The van der Waals surface area contributed by atoms with Crippen molar-refractivity contribution in [3.63, 3.8) is 0 Å². The van der Waals surface area contributed by atoms with Gasteiger partial charge in [-0.1, -0.05) is 6.07 Å². The fourth-order valence-electron chi connectivity index (χ4n) is 1.08. The maximum absolute atomic E-state index is 11.4. The molecule has 0 unspecified atom stereocenters. The average Bonchev–Trinajstić information content (AvgIpc) is 2.26. The van der Waals surface area contributed by atoms with Crippen molar-refractivity contribution in [1.82, 2.24) is 0 Å². The Morgan fingerprint density at radius 3 is 3.07 bits per heavy atom. The molecule has 0 spiro atoms. The third-order valence-electron chi connectivity index (χ3n) is 1.81. The summed E-state index contributed by atoms with van der Waals surface area (Å²) in [6, 6.07) is 8.93. The SMILES string of the molecule is CSCCC(=O)Nc1cccc(C#N)c1. The molecule has 15 heavy (non-hydrogen) atoms. The van der Waals surface area contributed by atoms with Crippen LogP contribution in [0, 0.1) is 11.3 Å². The predicted octanol–water partition coefficient (Wildman–Crippen LogP) is 2.25. The van der Waals surface area contributed by atoms with Crippen molar-refractivity contribution in [2.75, 3.05) is 17.3 Å². The highest BCUT2D eigenvalue weighted by atomic mass is 32.2. The Morgan fingerprint density at radius 2 is 2.40 bits per heavy atom. The molecule has 0 radical (unpaired) electrons. The zero-order valence-electron chi connectivity index (χ0n) is 8.49. The van der Waals surface area contributed by atoms with E-state index in [9.17, 15) is 4.79 Å². The van der Waals surface area contributed by atoms with Crippen LogP contribution >= 0.6 is 11.8 Å². The van der Waals surface area contributed by atoms with Gasteiger partial charge in [0.1, 0.15) is 0 Å². The monoisotopic (exact) mass is 220 g/mol. The molecule has 0 bridgehead atoms. The van der Waals surface area contributed by atoms with Gasteiger partial charge in [0.05, 0.1) is 11.6 Å². The van der Waals surface area contributed by atoms with E-state index in [0.29, 0.717) is 17.7 Å². The Morgan fingerprint density at radius 1 is 1.60 bits per heavy atom. The van der Waals surface area contributed by atoms with Crippen LogP contribution in [0.5, 0.6) is 0 Å². The number of hydrogen-bond acceptors (Lipinski definition) is 3. The summed E-state index contributed by atoms with van der Waals surface area (Å²) < 4.78 is 0. The zero-order valence-corrected chi connectivity index (χ0v) is 9.30. The number of thioether (sulfide) groups is 1. The molecule has 1 N–H and O–H groups in total. The van der Waals surface area contributed by atoms with Crippen LogP contribution in [-0.4, -0.2) is 17.9 Å². The molecule has 0 aliphatic carbocycles. The minimum atomic E-state index is -0.0144. The van der Waals surface area contributed by atoms with Crippen LogP contribution < -0.4 is 5.32 Å². The van der Waals surface area contributed by atoms with Crippen molar-refractivity contribution < 1.29 is 4.79 Å². The highest BCUT2D eigenvalue weighted by Gasteiger charge is 2.01. The number of amides is 1. The van der Waals surface area contributed by atoms with E-state index in [1.54, 1.807) is 36.0 Å². The number of rotatable bonds is 4. The second-order valence-electron chi connectivity index (χ2n) is 2.98. The first-order valence-corrected chi connectivity index (χ1v) is 5.94. The molecule has 78 valence electrons. The van der Waals surface area contributed by atoms with Crippen LogP contribution in [-0.2, 0) is 4.79 Å². The lowest BCUT2D eigenvalue weighted by atomic mass is 10.2. The Hall–Kier alpha value is -1.47. The molecule has 0 atom stereocenters. The zero-order chi connectivity index (χ0) is 11.1. The molecule has 0 aromatic heterocycles. The van der Waals surface area contributed by atoms with E-state index < -0.39 is 0 Å². The van der Waals surface area contributed by atoms with E-state index >= 15 is 0 Å². The lowest BCUT2D eigenvalue weighted by Crippen LogP contribution is -2.12. The lowest BCUT2D eigenvalue weighted by Gasteiger charge is -2.04. The summed E-state index contributed by atoms with van der Waals surface area (Å²) in [5.74, 6) is 0.795. The molecular weight excluding hydrogens is 208 g/mol. The van der Waals surface area contributed by atoms with E-state index in [0.717, 1.165) is 5.75 Å². The van der Waals surface area contributed by atoms with Gasteiger partial charge in [0.15, 0.2) is 0 Å². The minimum Gasteiger partial charge on any atom is -0.326 e. The number of nitrogens with zero attached hydrogens (tertiary/aromatic N) is 1. The van der Waals surface area contributed by atoms with E-state index in [-0.39, 0.29) is 5.91 Å². The van der Waals surface area contributed by atoms with Crippen molar-refractivity contribution in [3.05, 3.63) is 29.8 Å². The molecule has 4 heteroatoms. The summed E-state index contributed by atoms with van der Waals surface area (Å²) in [6.45, 7) is 0. The van der Waals surface area contributed by atoms with E-state index in [4.69, 9.17) is 5.26 Å². The number of nitriles is 1. The number of carbonyl (C=O) groups is 1. The number of benzene rings is 1. The molecule has 1 aromatic rings. The lowest BCUT2D eigenvalue weighted by molar-refractivity contribution is -0.115. The largest absolute Gasteiger partial charge is 0.326 e. The van der Waals surface area contributed by atoms with Gasteiger partial charge in [-0.2, -0.15) is 17.0 Å². The molecular formula is C11H12N2OS. The molecule has 0 saturated carbocycles. The molecule has 0 aliphatic heterocycles. The van der Waals surface area contributed by atoms with Crippen molar-refractivity contribution in [2.24, 2.45) is 0 Å². The Bertz CT molecular complexity index is 384. The van der Waals surface area contributed by atoms with Gasteiger partial charge in [0.2, 0.25) is 5.91 Å². The normalized spacial score (nSPS) is 9.33. The first-order valence-electron chi connectivity index (χ1n) is 4.55. The van der Waals surface area contributed by atoms with Gasteiger partial charge < -0.3 is 5.32 Å². The molecule has 1 amide bonds. The molecule has 0 saturated heterocycles. The van der Waals surface area contributed by atoms with Gasteiger partial charge in [-0.3, -0.25) is 4.79 Å². The molecule has 3 nitrogen and oxygen atoms in total. The summed E-state index contributed by atoms with van der Waals surface area (Å²) in [5, 5.41) is 11.4. The van der Waals surface area contributed by atoms with Crippen LogP contribution in [0.2, 0.25) is 0 Å². The topological polar surface area (TPSA) is 52.9 Å². The van der Waals surface area contributed by atoms with Gasteiger partial charge >= 0.3 is 0 Å². The summed E-state index contributed by atoms with van der Waals surface area (Å²) in [4.78, 5) is 11.4. The summed E-state index contributed by atoms with van der Waals surface area (Å²) in [5.41, 5.74) is 1.23. The average molecular weight is 220 g/mol. The fraction of sp³-hybridized carbons (Fsp3) is 0.273. The smallest absolute Gasteiger partial charge is 0.225 e. The number of anilines is 1. The van der Waals surface area contributed by atoms with Gasteiger partial charge in [-0.05, 0) is 24.5 Å². The fourth-order valence-corrected chi connectivity index (χ4v) is 1.47. The second-order valence-corrected chi connectivity index (χ2v) is 3.97. The summed E-state index contributed by atoms with van der Waals surface area (Å²) >= 11 is 1.63. The number of hydrogen-bond donors (Lipinski definition) is 1. The van der Waals surface area contributed by atoms with E-state index in [1.165, 1.54) is 0 Å². The van der Waals surface area contributed by atoms with Crippen molar-refractivity contribution in [1.29, 1.82) is 5.26 Å². The second kappa shape index (κ2) is 6.10. The quantitative estimate of drug-likeness (QED) is 0.846. The molecule has 0 fully saturated rings. The highest BCUT2D eigenvalue weighted by molar-refractivity contribution is 7.98. The minimum absolute atomic E-state index is 0.0144. The summed E-state index contributed by atoms with van der Waals surface area (Å²) in [6.07, 6.45) is 2.46. The Balaban J connectivity index is 2.57. The third kappa shape index (κ3) is 4.05.